The fraction of sp³-hybridized carbons (Fsp3) is 0.235. The first-order chi connectivity index (χ1) is 13.2. The maximum absolute atomic E-state index is 11.3. The lowest BCUT2D eigenvalue weighted by molar-refractivity contribution is -0.385. The van der Waals surface area contributed by atoms with Crippen LogP contribution in [-0.2, 0) is 12.8 Å². The van der Waals surface area contributed by atoms with Gasteiger partial charge in [0.05, 0.1) is 28.2 Å². The monoisotopic (exact) mass is 383 g/mol. The van der Waals surface area contributed by atoms with E-state index in [0.717, 1.165) is 29.5 Å². The summed E-state index contributed by atoms with van der Waals surface area (Å²) < 4.78 is 10.5. The van der Waals surface area contributed by atoms with Gasteiger partial charge in [-0.2, -0.15) is 5.10 Å². The van der Waals surface area contributed by atoms with Crippen LogP contribution in [0.3, 0.4) is 0 Å². The third-order valence-corrected chi connectivity index (χ3v) is 5.79. The molecule has 3 aromatic rings. The number of anilines is 1. The minimum absolute atomic E-state index is 0.0491. The fourth-order valence-corrected chi connectivity index (χ4v) is 4.61. The third kappa shape index (κ3) is 2.65. The Kier molecular flexibility index (Phi) is 3.64. The molecule has 0 saturated heterocycles. The Morgan fingerprint density at radius 2 is 2.11 bits per heavy atom. The van der Waals surface area contributed by atoms with Crippen LogP contribution >= 0.6 is 11.3 Å². The van der Waals surface area contributed by atoms with Gasteiger partial charge in [0.15, 0.2) is 17.3 Å². The number of nitro groups is 1. The van der Waals surface area contributed by atoms with Crippen molar-refractivity contribution in [1.29, 1.82) is 0 Å². The van der Waals surface area contributed by atoms with Crippen LogP contribution in [-0.4, -0.2) is 27.9 Å². The van der Waals surface area contributed by atoms with Gasteiger partial charge >= 0.3 is 0 Å². The van der Waals surface area contributed by atoms with Gasteiger partial charge in [-0.15, -0.1) is 11.3 Å². The normalized spacial score (nSPS) is 14.8. The number of nitrogens with zero attached hydrogens (tertiary/aromatic N) is 4. The van der Waals surface area contributed by atoms with Crippen molar-refractivity contribution in [2.75, 3.05) is 12.2 Å². The van der Waals surface area contributed by atoms with Crippen LogP contribution in [0.25, 0.3) is 10.2 Å². The molecule has 1 aromatic carbocycles. The Hall–Kier alpha value is -3.27. The largest absolute Gasteiger partial charge is 0.454 e. The highest BCUT2D eigenvalue weighted by atomic mass is 32.1. The summed E-state index contributed by atoms with van der Waals surface area (Å²) in [4.78, 5) is 21.8. The fourth-order valence-electron chi connectivity index (χ4n) is 3.38. The van der Waals surface area contributed by atoms with Crippen molar-refractivity contribution in [1.82, 2.24) is 9.97 Å². The molecule has 0 saturated carbocycles. The van der Waals surface area contributed by atoms with Gasteiger partial charge in [-0.25, -0.2) is 9.97 Å². The molecule has 0 bridgehead atoms. The molecule has 27 heavy (non-hydrogen) atoms. The Bertz CT molecular complexity index is 1110. The molecule has 1 N–H and O–H groups in total. The molecule has 3 heterocycles. The highest BCUT2D eigenvalue weighted by Crippen LogP contribution is 2.39. The summed E-state index contributed by atoms with van der Waals surface area (Å²) >= 11 is 1.69. The van der Waals surface area contributed by atoms with E-state index >= 15 is 0 Å². The first-order valence-electron chi connectivity index (χ1n) is 8.33. The summed E-state index contributed by atoms with van der Waals surface area (Å²) in [7, 11) is 0. The predicted molar refractivity (Wildman–Crippen MR) is 99.9 cm³/mol. The number of thiophene rings is 1. The molecule has 2 aliphatic rings. The standard InChI is InChI=1S/C17H13N5O4S/c23-22(24)11-5-13-12(25-8-26-13)4-9(11)6-20-21-16-15-10-2-1-3-14(10)27-17(15)19-7-18-16/h4-7H,1-3,8H2,(H,18,19,21)/b20-6-. The van der Waals surface area contributed by atoms with Gasteiger partial charge in [0.25, 0.3) is 5.69 Å². The topological polar surface area (TPSA) is 112 Å². The second-order valence-corrected chi connectivity index (χ2v) is 7.23. The molecule has 10 heteroatoms. The molecule has 0 radical (unpaired) electrons. The molecule has 9 nitrogen and oxygen atoms in total. The van der Waals surface area contributed by atoms with Crippen molar-refractivity contribution in [3.05, 3.63) is 44.6 Å². The van der Waals surface area contributed by atoms with E-state index in [-0.39, 0.29) is 12.5 Å². The molecule has 0 amide bonds. The summed E-state index contributed by atoms with van der Waals surface area (Å²) in [5.41, 5.74) is 4.41. The summed E-state index contributed by atoms with van der Waals surface area (Å²) in [6.07, 6.45) is 6.10. The summed E-state index contributed by atoms with van der Waals surface area (Å²) in [5, 5.41) is 16.5. The number of rotatable bonds is 4. The Morgan fingerprint density at radius 1 is 1.26 bits per heavy atom. The Labute approximate surface area is 156 Å². The van der Waals surface area contributed by atoms with Crippen LogP contribution in [0.15, 0.2) is 23.6 Å². The van der Waals surface area contributed by atoms with Crippen LogP contribution in [0.5, 0.6) is 11.5 Å². The molecule has 0 atom stereocenters. The molecule has 2 aromatic heterocycles. The van der Waals surface area contributed by atoms with Crippen molar-refractivity contribution in [2.45, 2.75) is 19.3 Å². The minimum Gasteiger partial charge on any atom is -0.454 e. The number of aryl methyl sites for hydroxylation is 2. The van der Waals surface area contributed by atoms with Crippen molar-refractivity contribution in [2.24, 2.45) is 5.10 Å². The smallest absolute Gasteiger partial charge is 0.282 e. The number of fused-ring (bicyclic) bond motifs is 4. The van der Waals surface area contributed by atoms with Crippen LogP contribution in [0.4, 0.5) is 11.5 Å². The average molecular weight is 383 g/mol. The number of hydrogen-bond acceptors (Lipinski definition) is 9. The van der Waals surface area contributed by atoms with E-state index in [0.29, 0.717) is 22.9 Å². The lowest BCUT2D eigenvalue weighted by Crippen LogP contribution is -1.98. The van der Waals surface area contributed by atoms with E-state index in [1.54, 1.807) is 17.4 Å². The van der Waals surface area contributed by atoms with E-state index in [1.807, 2.05) is 0 Å². The van der Waals surface area contributed by atoms with Crippen LogP contribution in [0.1, 0.15) is 22.4 Å². The Balaban J connectivity index is 1.48. The zero-order chi connectivity index (χ0) is 18.4. The first-order valence-corrected chi connectivity index (χ1v) is 9.14. The van der Waals surface area contributed by atoms with Gasteiger partial charge in [-0.05, 0) is 30.9 Å². The van der Waals surface area contributed by atoms with Crippen molar-refractivity contribution in [3.63, 3.8) is 0 Å². The maximum atomic E-state index is 11.3. The molecule has 0 fully saturated rings. The zero-order valence-electron chi connectivity index (χ0n) is 14.0. The second-order valence-electron chi connectivity index (χ2n) is 6.15. The third-order valence-electron chi connectivity index (χ3n) is 4.59. The Morgan fingerprint density at radius 3 is 2.96 bits per heavy atom. The summed E-state index contributed by atoms with van der Waals surface area (Å²) in [5.74, 6) is 1.43. The molecule has 1 aliphatic carbocycles. The summed E-state index contributed by atoms with van der Waals surface area (Å²) in [6.45, 7) is 0.0491. The predicted octanol–water partition coefficient (Wildman–Crippen LogP) is 3.26. The van der Waals surface area contributed by atoms with Gasteiger partial charge < -0.3 is 9.47 Å². The minimum atomic E-state index is -0.474. The molecule has 0 spiro atoms. The van der Waals surface area contributed by atoms with Gasteiger partial charge in [0.1, 0.15) is 11.2 Å². The van der Waals surface area contributed by atoms with Gasteiger partial charge in [-0.3, -0.25) is 15.5 Å². The van der Waals surface area contributed by atoms with E-state index in [4.69, 9.17) is 9.47 Å². The SMILES string of the molecule is O=[N+]([O-])c1cc2c(cc1/C=N\Nc1ncnc3sc4c(c13)CCC4)OCO2. The number of hydrazone groups is 1. The highest BCUT2D eigenvalue weighted by molar-refractivity contribution is 7.19. The van der Waals surface area contributed by atoms with Crippen LogP contribution in [0.2, 0.25) is 0 Å². The lowest BCUT2D eigenvalue weighted by Gasteiger charge is -2.03. The van der Waals surface area contributed by atoms with Gasteiger partial charge in [0.2, 0.25) is 6.79 Å². The quantitative estimate of drug-likeness (QED) is 0.418. The van der Waals surface area contributed by atoms with E-state index in [1.165, 1.54) is 29.0 Å². The molecular weight excluding hydrogens is 370 g/mol. The van der Waals surface area contributed by atoms with Crippen LogP contribution in [0, 0.1) is 10.1 Å². The van der Waals surface area contributed by atoms with E-state index in [9.17, 15) is 10.1 Å². The number of hydrogen-bond donors (Lipinski definition) is 1. The van der Waals surface area contributed by atoms with Gasteiger partial charge in [0, 0.05) is 4.88 Å². The number of benzene rings is 1. The maximum Gasteiger partial charge on any atom is 0.282 e. The molecular formula is C17H13N5O4S. The van der Waals surface area contributed by atoms with Crippen molar-refractivity contribution >= 4 is 39.3 Å². The summed E-state index contributed by atoms with van der Waals surface area (Å²) in [6, 6.07) is 2.89. The average Bonchev–Trinajstić information content (AvgIpc) is 3.36. The number of ether oxygens (including phenoxy) is 2. The van der Waals surface area contributed by atoms with Crippen molar-refractivity contribution in [3.8, 4) is 11.5 Å². The second kappa shape index (κ2) is 6.16. The number of nitrogens with one attached hydrogen (secondary N) is 1. The zero-order valence-corrected chi connectivity index (χ0v) is 14.8. The van der Waals surface area contributed by atoms with E-state index < -0.39 is 4.92 Å². The number of aromatic nitrogens is 2. The molecule has 5 rings (SSSR count). The van der Waals surface area contributed by atoms with Gasteiger partial charge in [-0.1, -0.05) is 0 Å². The van der Waals surface area contributed by atoms with Crippen LogP contribution < -0.4 is 14.9 Å². The molecule has 0 unspecified atom stereocenters. The van der Waals surface area contributed by atoms with E-state index in [2.05, 4.69) is 20.5 Å². The number of nitro benzene ring substituents is 1. The highest BCUT2D eigenvalue weighted by Gasteiger charge is 2.23. The first kappa shape index (κ1) is 15.9. The molecule has 136 valence electrons. The van der Waals surface area contributed by atoms with Crippen molar-refractivity contribution < 1.29 is 14.4 Å². The lowest BCUT2D eigenvalue weighted by atomic mass is 10.1. The molecule has 1 aliphatic heterocycles.